The third-order valence-corrected chi connectivity index (χ3v) is 4.44. The van der Waals surface area contributed by atoms with Gasteiger partial charge in [0.1, 0.15) is 17.2 Å². The molecule has 22 heavy (non-hydrogen) atoms. The van der Waals surface area contributed by atoms with Gasteiger partial charge in [0.05, 0.1) is 25.6 Å². The molecule has 1 aliphatic carbocycles. The molecule has 0 saturated heterocycles. The first-order chi connectivity index (χ1) is 10.5. The summed E-state index contributed by atoms with van der Waals surface area (Å²) in [7, 11) is -3.24. The van der Waals surface area contributed by atoms with Crippen LogP contribution >= 0.6 is 0 Å². The highest BCUT2D eigenvalue weighted by molar-refractivity contribution is 7.88. The van der Waals surface area contributed by atoms with Crippen LogP contribution in [0.2, 0.25) is 0 Å². The number of aryl methyl sites for hydroxylation is 1. The number of hydrogen-bond donors (Lipinski definition) is 2. The summed E-state index contributed by atoms with van der Waals surface area (Å²) < 4.78 is 35.5. The van der Waals surface area contributed by atoms with Crippen LogP contribution < -0.4 is 10.0 Å². The van der Waals surface area contributed by atoms with Crippen molar-refractivity contribution >= 4 is 10.0 Å². The smallest absolute Gasteiger partial charge is 0.209 e. The molecule has 1 unspecified atom stereocenters. The summed E-state index contributed by atoms with van der Waals surface area (Å²) in [6.45, 7) is 0.845. The van der Waals surface area contributed by atoms with Crippen molar-refractivity contribution in [2.45, 2.75) is 38.4 Å². The molecule has 2 heterocycles. The summed E-state index contributed by atoms with van der Waals surface area (Å²) in [6.07, 6.45) is 5.33. The van der Waals surface area contributed by atoms with Crippen LogP contribution in [0.1, 0.15) is 29.2 Å². The summed E-state index contributed by atoms with van der Waals surface area (Å²) in [6, 6.07) is 4.10. The normalized spacial score (nSPS) is 18.3. The number of nitrogens with zero attached hydrogens (tertiary/aromatic N) is 1. The van der Waals surface area contributed by atoms with E-state index >= 15 is 0 Å². The van der Waals surface area contributed by atoms with Gasteiger partial charge in [0.25, 0.3) is 0 Å². The average Bonchev–Trinajstić information content (AvgIpc) is 3.11. The zero-order valence-corrected chi connectivity index (χ0v) is 13.1. The molecular weight excluding hydrogens is 306 g/mol. The van der Waals surface area contributed by atoms with Crippen LogP contribution in [0.25, 0.3) is 0 Å². The van der Waals surface area contributed by atoms with Gasteiger partial charge in [0.2, 0.25) is 10.0 Å². The number of aromatic nitrogens is 1. The fourth-order valence-electron chi connectivity index (χ4n) is 2.63. The second-order valence-electron chi connectivity index (χ2n) is 5.52. The Kier molecular flexibility index (Phi) is 4.32. The molecule has 3 rings (SSSR count). The molecule has 2 aromatic heterocycles. The molecule has 2 aromatic rings. The molecule has 0 aromatic carbocycles. The van der Waals surface area contributed by atoms with E-state index in [4.69, 9.17) is 8.94 Å². The van der Waals surface area contributed by atoms with E-state index in [-0.39, 0.29) is 6.54 Å². The summed E-state index contributed by atoms with van der Waals surface area (Å²) in [5, 5.41) is 7.45. The van der Waals surface area contributed by atoms with Crippen LogP contribution in [-0.4, -0.2) is 25.9 Å². The lowest BCUT2D eigenvalue weighted by molar-refractivity contribution is 0.347. The molecular formula is C14H19N3O4S. The van der Waals surface area contributed by atoms with Gasteiger partial charge in [-0.3, -0.25) is 0 Å². The van der Waals surface area contributed by atoms with Gasteiger partial charge >= 0.3 is 0 Å². The maximum absolute atomic E-state index is 11.2. The fraction of sp³-hybridized carbons (Fsp3) is 0.500. The molecule has 0 aliphatic heterocycles. The van der Waals surface area contributed by atoms with Gasteiger partial charge in [-0.1, -0.05) is 5.16 Å². The topological polar surface area (TPSA) is 97.4 Å². The van der Waals surface area contributed by atoms with Crippen molar-refractivity contribution in [2.24, 2.45) is 0 Å². The van der Waals surface area contributed by atoms with Crippen LogP contribution in [0.4, 0.5) is 0 Å². The monoisotopic (exact) mass is 325 g/mol. The number of hydrogen-bond acceptors (Lipinski definition) is 6. The number of rotatable bonds is 6. The molecule has 0 bridgehead atoms. The van der Waals surface area contributed by atoms with E-state index in [0.717, 1.165) is 42.6 Å². The second-order valence-corrected chi connectivity index (χ2v) is 7.36. The van der Waals surface area contributed by atoms with E-state index in [9.17, 15) is 8.42 Å². The quantitative estimate of drug-likeness (QED) is 0.821. The van der Waals surface area contributed by atoms with Crippen LogP contribution in [0.3, 0.4) is 0 Å². The SMILES string of the molecule is CS(=O)(=O)NCc1noc2c1CC(NCc1ccco1)CC2. The summed E-state index contributed by atoms with van der Waals surface area (Å²) in [4.78, 5) is 0. The van der Waals surface area contributed by atoms with Crippen molar-refractivity contribution in [3.63, 3.8) is 0 Å². The minimum atomic E-state index is -3.24. The summed E-state index contributed by atoms with van der Waals surface area (Å²) in [5.74, 6) is 1.76. The van der Waals surface area contributed by atoms with E-state index in [1.54, 1.807) is 6.26 Å². The Balaban J connectivity index is 1.62. The minimum Gasteiger partial charge on any atom is -0.468 e. The zero-order chi connectivity index (χ0) is 15.6. The van der Waals surface area contributed by atoms with E-state index in [1.807, 2.05) is 12.1 Å². The van der Waals surface area contributed by atoms with Gasteiger partial charge in [-0.2, -0.15) is 0 Å². The average molecular weight is 325 g/mol. The fourth-order valence-corrected chi connectivity index (χ4v) is 3.03. The van der Waals surface area contributed by atoms with Crippen LogP contribution in [0.5, 0.6) is 0 Å². The lowest BCUT2D eigenvalue weighted by Gasteiger charge is -2.22. The van der Waals surface area contributed by atoms with Crippen molar-refractivity contribution in [1.29, 1.82) is 0 Å². The van der Waals surface area contributed by atoms with E-state index in [1.165, 1.54) is 0 Å². The predicted molar refractivity (Wildman–Crippen MR) is 79.5 cm³/mol. The highest BCUT2D eigenvalue weighted by Crippen LogP contribution is 2.25. The van der Waals surface area contributed by atoms with Crippen LogP contribution in [0.15, 0.2) is 27.3 Å². The third-order valence-electron chi connectivity index (χ3n) is 3.77. The first-order valence-corrected chi connectivity index (χ1v) is 9.07. The van der Waals surface area contributed by atoms with E-state index < -0.39 is 10.0 Å². The largest absolute Gasteiger partial charge is 0.468 e. The molecule has 1 atom stereocenters. The van der Waals surface area contributed by atoms with Gasteiger partial charge in [-0.25, -0.2) is 13.1 Å². The number of nitrogens with one attached hydrogen (secondary N) is 2. The Bertz CT molecular complexity index is 721. The van der Waals surface area contributed by atoms with E-state index in [0.29, 0.717) is 18.3 Å². The molecule has 0 radical (unpaired) electrons. The van der Waals surface area contributed by atoms with Gasteiger partial charge < -0.3 is 14.3 Å². The minimum absolute atomic E-state index is 0.169. The summed E-state index contributed by atoms with van der Waals surface area (Å²) in [5.41, 5.74) is 1.68. The highest BCUT2D eigenvalue weighted by atomic mass is 32.2. The van der Waals surface area contributed by atoms with Crippen molar-refractivity contribution in [1.82, 2.24) is 15.2 Å². The molecule has 2 N–H and O–H groups in total. The van der Waals surface area contributed by atoms with Gasteiger partial charge in [0.15, 0.2) is 0 Å². The number of sulfonamides is 1. The predicted octanol–water partition coefficient (Wildman–Crippen LogP) is 0.964. The Morgan fingerprint density at radius 3 is 3.00 bits per heavy atom. The summed E-state index contributed by atoms with van der Waals surface area (Å²) >= 11 is 0. The van der Waals surface area contributed by atoms with Crippen LogP contribution in [-0.2, 0) is 36.0 Å². The Hall–Kier alpha value is -1.64. The molecule has 0 saturated carbocycles. The first kappa shape index (κ1) is 15.3. The Labute approximate surface area is 129 Å². The van der Waals surface area contributed by atoms with Crippen molar-refractivity contribution in [2.75, 3.05) is 6.26 Å². The highest BCUT2D eigenvalue weighted by Gasteiger charge is 2.25. The number of furan rings is 1. The van der Waals surface area contributed by atoms with Gasteiger partial charge in [0, 0.05) is 18.0 Å². The maximum atomic E-state index is 11.2. The lowest BCUT2D eigenvalue weighted by Crippen LogP contribution is -2.34. The molecule has 1 aliphatic rings. The zero-order valence-electron chi connectivity index (χ0n) is 12.3. The van der Waals surface area contributed by atoms with Crippen molar-refractivity contribution < 1.29 is 17.4 Å². The first-order valence-electron chi connectivity index (χ1n) is 7.18. The maximum Gasteiger partial charge on any atom is 0.209 e. The molecule has 0 spiro atoms. The van der Waals surface area contributed by atoms with Gasteiger partial charge in [-0.15, -0.1) is 0 Å². The van der Waals surface area contributed by atoms with Crippen molar-refractivity contribution in [3.05, 3.63) is 41.2 Å². The Morgan fingerprint density at radius 1 is 1.41 bits per heavy atom. The number of fused-ring (bicyclic) bond motifs is 1. The molecule has 0 amide bonds. The van der Waals surface area contributed by atoms with Crippen molar-refractivity contribution in [3.8, 4) is 0 Å². The molecule has 120 valence electrons. The van der Waals surface area contributed by atoms with Crippen LogP contribution in [0, 0.1) is 0 Å². The van der Waals surface area contributed by atoms with Gasteiger partial charge in [-0.05, 0) is 25.0 Å². The lowest BCUT2D eigenvalue weighted by atomic mass is 9.92. The Morgan fingerprint density at radius 2 is 2.27 bits per heavy atom. The second kappa shape index (κ2) is 6.23. The standard InChI is InChI=1S/C14H19N3O4S/c1-22(18,19)16-9-13-12-7-10(4-5-14(12)21-17-13)15-8-11-3-2-6-20-11/h2-3,6,10,15-16H,4-5,7-9H2,1H3. The molecule has 7 nitrogen and oxygen atoms in total. The van der Waals surface area contributed by atoms with E-state index in [2.05, 4.69) is 15.2 Å². The molecule has 8 heteroatoms. The third kappa shape index (κ3) is 3.76. The molecule has 0 fully saturated rings.